The normalized spacial score (nSPS) is 13.1. The quantitative estimate of drug-likeness (QED) is 0.102. The maximum Gasteiger partial charge on any atom is 0.309 e. The maximum absolute atomic E-state index is 15.9. The minimum atomic E-state index is -1.04. The molecule has 332 valence electrons. The van der Waals surface area contributed by atoms with Crippen LogP contribution < -0.4 is 11.1 Å². The molecule has 2 amide bonds. The lowest BCUT2D eigenvalue weighted by atomic mass is 9.84. The number of hydrogen-bond donors (Lipinski definition) is 4. The van der Waals surface area contributed by atoms with Crippen LogP contribution in [0.25, 0.3) is 67.4 Å². The third-order valence-electron chi connectivity index (χ3n) is 12.4. The Hall–Kier alpha value is -7.85. The number of aromatic nitrogens is 10. The molecule has 7 heterocycles. The van der Waals surface area contributed by atoms with Crippen molar-refractivity contribution in [3.63, 3.8) is 0 Å². The summed E-state index contributed by atoms with van der Waals surface area (Å²) in [6.45, 7) is 11.4. The van der Waals surface area contributed by atoms with Crippen molar-refractivity contribution in [2.75, 3.05) is 6.54 Å². The predicted octanol–water partition coefficient (Wildman–Crippen LogP) is 7.28. The number of benzene rings is 3. The number of primary amides is 1. The van der Waals surface area contributed by atoms with Gasteiger partial charge in [-0.25, -0.2) is 24.3 Å². The Morgan fingerprint density at radius 1 is 0.788 bits per heavy atom. The van der Waals surface area contributed by atoms with Crippen LogP contribution in [-0.2, 0) is 54.7 Å². The first-order valence-electron chi connectivity index (χ1n) is 21.8. The molecule has 0 bridgehead atoms. The first-order valence-corrected chi connectivity index (χ1v) is 21.8. The van der Waals surface area contributed by atoms with Crippen molar-refractivity contribution in [1.29, 1.82) is 0 Å². The average Bonchev–Trinajstić information content (AvgIpc) is 4.12. The summed E-state index contributed by atoms with van der Waals surface area (Å²) in [6.07, 6.45) is 11.7. The molecule has 5 N–H and O–H groups in total. The van der Waals surface area contributed by atoms with Gasteiger partial charge in [-0.05, 0) is 69.8 Å². The zero-order chi connectivity index (χ0) is 45.9. The molecule has 1 aliphatic rings. The van der Waals surface area contributed by atoms with Crippen molar-refractivity contribution in [1.82, 2.24) is 59.7 Å². The molecule has 66 heavy (non-hydrogen) atoms. The van der Waals surface area contributed by atoms with E-state index in [0.717, 1.165) is 75.1 Å². The third kappa shape index (κ3) is 8.22. The Morgan fingerprint density at radius 3 is 2.27 bits per heavy atom. The van der Waals surface area contributed by atoms with E-state index < -0.39 is 11.8 Å². The molecular formula is C50H48FN13O2. The van der Waals surface area contributed by atoms with E-state index in [9.17, 15) is 9.59 Å². The minimum Gasteiger partial charge on any atom is -0.361 e. The van der Waals surface area contributed by atoms with Gasteiger partial charge in [0.1, 0.15) is 17.5 Å². The summed E-state index contributed by atoms with van der Waals surface area (Å²) >= 11 is 0. The van der Waals surface area contributed by atoms with Gasteiger partial charge in [-0.15, -0.1) is 0 Å². The fraction of sp³-hybridized carbons (Fsp3) is 0.240. The number of nitrogens with zero attached hydrogens (tertiary/aromatic N) is 9. The summed E-state index contributed by atoms with van der Waals surface area (Å²) in [6, 6.07) is 20.0. The second-order valence-corrected chi connectivity index (χ2v) is 18.1. The van der Waals surface area contributed by atoms with Gasteiger partial charge in [-0.1, -0.05) is 69.3 Å². The van der Waals surface area contributed by atoms with Gasteiger partial charge in [0.15, 0.2) is 11.3 Å². The summed E-state index contributed by atoms with van der Waals surface area (Å²) in [5.74, 6) is -0.929. The molecular weight excluding hydrogens is 834 g/mol. The lowest BCUT2D eigenvalue weighted by Gasteiger charge is -2.30. The summed E-state index contributed by atoms with van der Waals surface area (Å²) < 4.78 is 19.5. The van der Waals surface area contributed by atoms with Crippen LogP contribution in [0.5, 0.6) is 0 Å². The van der Waals surface area contributed by atoms with Gasteiger partial charge >= 0.3 is 11.8 Å². The van der Waals surface area contributed by atoms with Crippen molar-refractivity contribution in [3.05, 3.63) is 143 Å². The fourth-order valence-corrected chi connectivity index (χ4v) is 8.77. The molecule has 0 radical (unpaired) electrons. The topological polar surface area (TPSA) is 194 Å². The molecule has 6 aromatic heterocycles. The first-order chi connectivity index (χ1) is 31.7. The summed E-state index contributed by atoms with van der Waals surface area (Å²) in [4.78, 5) is 51.4. The van der Waals surface area contributed by atoms with Crippen molar-refractivity contribution < 1.29 is 14.0 Å². The number of aromatic amines is 2. The molecule has 1 aliphatic heterocycles. The van der Waals surface area contributed by atoms with E-state index >= 15 is 4.39 Å². The largest absolute Gasteiger partial charge is 0.361 e. The zero-order valence-electron chi connectivity index (χ0n) is 37.3. The Kier molecular flexibility index (Phi) is 10.6. The monoisotopic (exact) mass is 881 g/mol. The Bertz CT molecular complexity index is 3350. The Labute approximate surface area is 379 Å². The van der Waals surface area contributed by atoms with Crippen LogP contribution in [-0.4, -0.2) is 72.7 Å². The molecule has 0 saturated heterocycles. The van der Waals surface area contributed by atoms with Crippen LogP contribution in [0, 0.1) is 12.7 Å². The Morgan fingerprint density at radius 2 is 1.53 bits per heavy atom. The van der Waals surface area contributed by atoms with Gasteiger partial charge in [0.25, 0.3) is 0 Å². The second-order valence-electron chi connectivity index (χ2n) is 18.1. The van der Waals surface area contributed by atoms with E-state index in [2.05, 4.69) is 69.2 Å². The molecule has 3 aromatic carbocycles. The average molecular weight is 882 g/mol. The van der Waals surface area contributed by atoms with E-state index in [1.165, 1.54) is 16.7 Å². The first kappa shape index (κ1) is 42.1. The highest BCUT2D eigenvalue weighted by molar-refractivity contribution is 6.34. The van der Waals surface area contributed by atoms with Crippen LogP contribution in [0.1, 0.15) is 59.7 Å². The van der Waals surface area contributed by atoms with Gasteiger partial charge in [-0.3, -0.25) is 23.9 Å². The zero-order valence-corrected chi connectivity index (χ0v) is 37.3. The third-order valence-corrected chi connectivity index (χ3v) is 12.4. The number of nitrogens with two attached hydrogens (primary N) is 1. The standard InChI is InChI=1S/C50H48FN13O2/c1-28-16-31(7-8-32(28)19-55-49(66)44(52)65)41-35(20-54-48-43(41)59-45(61-48)36-21-56-62(5)23-36)26-64-27-37(22-57-64)46-58-42-39(12-14-53-47(42)60-46)30-6-9-34(40(51)18-30)25-63-15-13-29-17-38(50(2,3)4)11-10-33(29)24-63/h6-12,14,16-18,20-23,27H,13,15,19,24-26H2,1-5H3,(H2,52,65)(H,55,66)(H,53,58,60)(H,54,59,61). The van der Waals surface area contributed by atoms with Crippen molar-refractivity contribution in [2.24, 2.45) is 12.8 Å². The second kappa shape index (κ2) is 16.6. The number of fused-ring (bicyclic) bond motifs is 3. The fourth-order valence-electron chi connectivity index (χ4n) is 8.77. The van der Waals surface area contributed by atoms with Crippen LogP contribution in [0.2, 0.25) is 0 Å². The van der Waals surface area contributed by atoms with Crippen LogP contribution in [0.4, 0.5) is 4.39 Å². The van der Waals surface area contributed by atoms with E-state index in [4.69, 9.17) is 25.8 Å². The van der Waals surface area contributed by atoms with Gasteiger partial charge in [0.05, 0.1) is 41.1 Å². The van der Waals surface area contributed by atoms with E-state index in [1.54, 1.807) is 35.5 Å². The number of carbonyl (C=O) groups excluding carboxylic acids is 2. The highest BCUT2D eigenvalue weighted by Gasteiger charge is 2.23. The van der Waals surface area contributed by atoms with Gasteiger partial charge in [0, 0.05) is 80.3 Å². The maximum atomic E-state index is 15.9. The number of pyridine rings is 2. The number of nitrogens with one attached hydrogen (secondary N) is 3. The van der Waals surface area contributed by atoms with Gasteiger partial charge < -0.3 is 21.0 Å². The van der Waals surface area contributed by atoms with E-state index in [0.29, 0.717) is 47.1 Å². The number of aryl methyl sites for hydroxylation is 2. The number of hydrogen-bond acceptors (Lipinski definition) is 9. The van der Waals surface area contributed by atoms with Crippen LogP contribution in [0.15, 0.2) is 97.8 Å². The molecule has 0 spiro atoms. The molecule has 10 rings (SSSR count). The lowest BCUT2D eigenvalue weighted by Crippen LogP contribution is -2.35. The van der Waals surface area contributed by atoms with Crippen LogP contribution in [0.3, 0.4) is 0 Å². The highest BCUT2D eigenvalue weighted by atomic mass is 19.1. The number of amides is 2. The Balaban J connectivity index is 0.908. The predicted molar refractivity (Wildman–Crippen MR) is 250 cm³/mol. The molecule has 0 saturated carbocycles. The highest BCUT2D eigenvalue weighted by Crippen LogP contribution is 2.35. The van der Waals surface area contributed by atoms with E-state index in [1.807, 2.05) is 67.4 Å². The number of imidazole rings is 2. The molecule has 9 aromatic rings. The van der Waals surface area contributed by atoms with Crippen molar-refractivity contribution in [3.8, 4) is 45.0 Å². The van der Waals surface area contributed by atoms with Gasteiger partial charge in [0.2, 0.25) is 0 Å². The number of carbonyl (C=O) groups is 2. The smallest absolute Gasteiger partial charge is 0.309 e. The summed E-state index contributed by atoms with van der Waals surface area (Å²) in [5.41, 5.74) is 19.9. The van der Waals surface area contributed by atoms with Crippen LogP contribution >= 0.6 is 0 Å². The summed E-state index contributed by atoms with van der Waals surface area (Å²) in [7, 11) is 1.85. The van der Waals surface area contributed by atoms with Gasteiger partial charge in [-0.2, -0.15) is 10.2 Å². The number of halogens is 1. The molecule has 0 unspecified atom stereocenters. The molecule has 0 atom stereocenters. The number of H-pyrrole nitrogens is 2. The molecule has 0 aliphatic carbocycles. The molecule has 16 heteroatoms. The molecule has 15 nitrogen and oxygen atoms in total. The lowest BCUT2D eigenvalue weighted by molar-refractivity contribution is -0.137. The molecule has 0 fully saturated rings. The number of rotatable bonds is 10. The minimum absolute atomic E-state index is 0.102. The summed E-state index contributed by atoms with van der Waals surface area (Å²) in [5, 5.41) is 11.6. The van der Waals surface area contributed by atoms with Crippen molar-refractivity contribution >= 4 is 34.1 Å². The van der Waals surface area contributed by atoms with E-state index in [-0.39, 0.29) is 17.8 Å². The van der Waals surface area contributed by atoms with Crippen molar-refractivity contribution in [2.45, 2.75) is 65.7 Å². The SMILES string of the molecule is Cc1cc(-c2c(Cn3cc(-c4nc5nccc(-c6ccc(CN7CCc8cc(C(C)(C)C)ccc8C7)c(F)c6)c5[nH]4)cn3)cnc3nc(-c4cnn(C)c4)[nH]c23)ccc1CNC(=O)C(N)=O.